The third kappa shape index (κ3) is 57.4. The quantitative estimate of drug-likeness (QED) is 0.299. The second-order valence-corrected chi connectivity index (χ2v) is 2.66. The SMILES string of the molecule is CCC(=O)OC(C)=O.O=S(=O)(O)O.[Zr].[Zr].[Zr]. The van der Waals surface area contributed by atoms with E-state index in [2.05, 4.69) is 4.74 Å². The van der Waals surface area contributed by atoms with E-state index in [4.69, 9.17) is 17.5 Å². The number of carbonyl (C=O) groups is 2. The standard InChI is InChI=1S/C5H8O3.H2O4S.3Zr/c1-3-5(7)8-4(2)6;1-5(2,3)4;;;/h3H2,1-2H3;(H2,1,2,3,4);;;. The van der Waals surface area contributed by atoms with Crippen LogP contribution in [-0.4, -0.2) is 29.5 Å². The van der Waals surface area contributed by atoms with Crippen LogP contribution in [0.1, 0.15) is 20.3 Å². The molecule has 0 aromatic carbocycles. The van der Waals surface area contributed by atoms with Crippen molar-refractivity contribution in [1.82, 2.24) is 0 Å². The minimum Gasteiger partial charge on any atom is -0.393 e. The molecule has 0 aliphatic rings. The fourth-order valence-electron chi connectivity index (χ4n) is 0.232. The van der Waals surface area contributed by atoms with Gasteiger partial charge in [0.15, 0.2) is 0 Å². The van der Waals surface area contributed by atoms with E-state index in [1.807, 2.05) is 0 Å². The molecule has 0 saturated heterocycles. The van der Waals surface area contributed by atoms with Crippen molar-refractivity contribution in [3.05, 3.63) is 0 Å². The van der Waals surface area contributed by atoms with E-state index in [-0.39, 0.29) is 85.0 Å². The molecule has 0 aliphatic heterocycles. The zero-order chi connectivity index (χ0) is 11.1. The molecule has 2 N–H and O–H groups in total. The van der Waals surface area contributed by atoms with Crippen LogP contribution in [0.25, 0.3) is 0 Å². The Labute approximate surface area is 151 Å². The van der Waals surface area contributed by atoms with Gasteiger partial charge in [-0.05, 0) is 0 Å². The summed E-state index contributed by atoms with van der Waals surface area (Å²) in [7, 11) is -4.67. The van der Waals surface area contributed by atoms with E-state index >= 15 is 0 Å². The van der Waals surface area contributed by atoms with Gasteiger partial charge in [-0.3, -0.25) is 18.7 Å². The Morgan fingerprint density at radius 1 is 1.12 bits per heavy atom. The summed E-state index contributed by atoms with van der Waals surface area (Å²) < 4.78 is 35.7. The average Bonchev–Trinajstić information content (AvgIpc) is 1.82. The first kappa shape index (κ1) is 30.6. The number of hydrogen-bond donors (Lipinski definition) is 2. The predicted octanol–water partition coefficient (Wildman–Crippen LogP) is -0.174. The Hall–Kier alpha value is 1.66. The van der Waals surface area contributed by atoms with Crippen molar-refractivity contribution in [2.45, 2.75) is 20.3 Å². The predicted molar refractivity (Wildman–Crippen MR) is 41.2 cm³/mol. The second-order valence-electron chi connectivity index (χ2n) is 1.77. The topological polar surface area (TPSA) is 118 Å². The van der Waals surface area contributed by atoms with Crippen molar-refractivity contribution in [2.75, 3.05) is 0 Å². The van der Waals surface area contributed by atoms with Gasteiger partial charge in [0.2, 0.25) is 0 Å². The molecule has 11 heteroatoms. The maximum Gasteiger partial charge on any atom is 0.394 e. The van der Waals surface area contributed by atoms with E-state index in [1.54, 1.807) is 6.92 Å². The second kappa shape index (κ2) is 16.7. The van der Waals surface area contributed by atoms with Gasteiger partial charge in [-0.2, -0.15) is 8.42 Å². The smallest absolute Gasteiger partial charge is 0.393 e. The van der Waals surface area contributed by atoms with Crippen LogP contribution in [0, 0.1) is 0 Å². The van der Waals surface area contributed by atoms with Crippen molar-refractivity contribution in [3.63, 3.8) is 0 Å². The third-order valence-electron chi connectivity index (χ3n) is 0.546. The molecule has 0 heterocycles. The van der Waals surface area contributed by atoms with Crippen LogP contribution in [0.3, 0.4) is 0 Å². The summed E-state index contributed by atoms with van der Waals surface area (Å²) in [6.07, 6.45) is 0.250. The molecule has 0 bridgehead atoms. The summed E-state index contributed by atoms with van der Waals surface area (Å²) in [5.41, 5.74) is 0. The molecule has 0 unspecified atom stereocenters. The molecule has 0 fully saturated rings. The first-order valence-electron chi connectivity index (χ1n) is 3.08. The van der Waals surface area contributed by atoms with Crippen molar-refractivity contribution >= 4 is 22.3 Å². The molecule has 0 aromatic heterocycles. The summed E-state index contributed by atoms with van der Waals surface area (Å²) in [4.78, 5) is 20.1. The monoisotopic (exact) mass is 484 g/mol. The molecule has 16 heavy (non-hydrogen) atoms. The first-order valence-corrected chi connectivity index (χ1v) is 4.47. The molecular weight excluding hydrogens is 478 g/mol. The van der Waals surface area contributed by atoms with Crippen LogP contribution in [0.5, 0.6) is 0 Å². The minimum atomic E-state index is -4.67. The zero-order valence-electron chi connectivity index (χ0n) is 8.55. The van der Waals surface area contributed by atoms with Crippen LogP contribution in [0.2, 0.25) is 0 Å². The van der Waals surface area contributed by atoms with Gasteiger partial charge in [-0.25, -0.2) is 0 Å². The fraction of sp³-hybridized carbons (Fsp3) is 0.600. The maximum absolute atomic E-state index is 10.2. The molecule has 0 aliphatic carbocycles. The van der Waals surface area contributed by atoms with E-state index in [9.17, 15) is 9.59 Å². The van der Waals surface area contributed by atoms with Crippen molar-refractivity contribution in [1.29, 1.82) is 0 Å². The number of rotatable bonds is 1. The summed E-state index contributed by atoms with van der Waals surface area (Å²) >= 11 is 0. The van der Waals surface area contributed by atoms with E-state index in [0.29, 0.717) is 0 Å². The van der Waals surface area contributed by atoms with E-state index < -0.39 is 22.3 Å². The number of carbonyl (C=O) groups excluding carboxylic acids is 2. The van der Waals surface area contributed by atoms with Gasteiger partial charge in [0, 0.05) is 92.0 Å². The van der Waals surface area contributed by atoms with Gasteiger partial charge in [-0.1, -0.05) is 6.92 Å². The Morgan fingerprint density at radius 2 is 1.38 bits per heavy atom. The zero-order valence-corrected chi connectivity index (χ0v) is 16.7. The van der Waals surface area contributed by atoms with Crippen LogP contribution < -0.4 is 0 Å². The molecule has 0 spiro atoms. The molecule has 0 rings (SSSR count). The van der Waals surface area contributed by atoms with Crippen LogP contribution in [-0.2, 0) is 103 Å². The van der Waals surface area contributed by atoms with E-state index in [1.165, 1.54) is 6.92 Å². The van der Waals surface area contributed by atoms with Crippen LogP contribution in [0.15, 0.2) is 0 Å². The van der Waals surface area contributed by atoms with Crippen molar-refractivity contribution in [2.24, 2.45) is 0 Å². The Morgan fingerprint density at radius 3 is 1.44 bits per heavy atom. The Kier molecular flexibility index (Phi) is 31.8. The van der Waals surface area contributed by atoms with Gasteiger partial charge < -0.3 is 4.74 Å². The summed E-state index contributed by atoms with van der Waals surface area (Å²) in [6, 6.07) is 0. The molecule has 90 valence electrons. The average molecular weight is 488 g/mol. The van der Waals surface area contributed by atoms with Gasteiger partial charge in [0.1, 0.15) is 0 Å². The van der Waals surface area contributed by atoms with Gasteiger partial charge >= 0.3 is 22.3 Å². The van der Waals surface area contributed by atoms with Crippen molar-refractivity contribution < 1.29 is 110 Å². The molecule has 0 aromatic rings. The van der Waals surface area contributed by atoms with E-state index in [0.717, 1.165) is 0 Å². The summed E-state index contributed by atoms with van der Waals surface area (Å²) in [5, 5.41) is 0. The molecule has 7 nitrogen and oxygen atoms in total. The van der Waals surface area contributed by atoms with Gasteiger partial charge in [0.05, 0.1) is 0 Å². The normalized spacial score (nSPS) is 7.75. The van der Waals surface area contributed by atoms with Gasteiger partial charge in [0.25, 0.3) is 0 Å². The summed E-state index contributed by atoms with van der Waals surface area (Å²) in [6.45, 7) is 2.83. The number of hydrogen-bond acceptors (Lipinski definition) is 5. The number of esters is 2. The van der Waals surface area contributed by atoms with Crippen LogP contribution in [0.4, 0.5) is 0 Å². The number of ether oxygens (including phenoxy) is 1. The maximum atomic E-state index is 10.2. The summed E-state index contributed by atoms with van der Waals surface area (Å²) in [5.74, 6) is -1.02. The molecule has 0 amide bonds. The van der Waals surface area contributed by atoms with Crippen molar-refractivity contribution in [3.8, 4) is 0 Å². The molecule has 0 saturated carbocycles. The largest absolute Gasteiger partial charge is 0.394 e. The fourth-order valence-corrected chi connectivity index (χ4v) is 0.232. The van der Waals surface area contributed by atoms with Gasteiger partial charge in [-0.15, -0.1) is 0 Å². The molecule has 0 radical (unpaired) electrons. The van der Waals surface area contributed by atoms with Crippen LogP contribution >= 0.6 is 0 Å². The Bertz CT molecular complexity index is 268. The first-order chi connectivity index (χ1) is 5.66. The Balaban J connectivity index is -0.0000000454. The molecule has 0 atom stereocenters. The molecular formula is C5H10O7SZr3. The minimum absolute atomic E-state index is 0. The third-order valence-corrected chi connectivity index (χ3v) is 0.546.